The van der Waals surface area contributed by atoms with Gasteiger partial charge in [-0.3, -0.25) is 4.90 Å². The molecule has 0 aliphatic heterocycles. The average Bonchev–Trinajstić information content (AvgIpc) is 2.81. The van der Waals surface area contributed by atoms with Crippen LogP contribution in [-0.4, -0.2) is 29.6 Å². The van der Waals surface area contributed by atoms with Gasteiger partial charge in [0.2, 0.25) is 0 Å². The zero-order chi connectivity index (χ0) is 13.7. The molecule has 2 saturated carbocycles. The molecule has 2 nitrogen and oxygen atoms in total. The van der Waals surface area contributed by atoms with Gasteiger partial charge in [-0.1, -0.05) is 52.4 Å². The Balaban J connectivity index is 2.16. The second kappa shape index (κ2) is 7.08. The van der Waals surface area contributed by atoms with E-state index in [1.54, 1.807) is 0 Å². The fraction of sp³-hybridized carbons (Fsp3) is 1.00. The first kappa shape index (κ1) is 15.3. The Morgan fingerprint density at radius 3 is 2.05 bits per heavy atom. The highest BCUT2D eigenvalue weighted by Crippen LogP contribution is 2.37. The lowest BCUT2D eigenvalue weighted by Crippen LogP contribution is -2.58. The van der Waals surface area contributed by atoms with Crippen LogP contribution in [0, 0.1) is 5.92 Å². The lowest BCUT2D eigenvalue weighted by atomic mass is 9.85. The summed E-state index contributed by atoms with van der Waals surface area (Å²) in [6, 6.07) is 0.823. The molecule has 2 fully saturated rings. The van der Waals surface area contributed by atoms with Gasteiger partial charge in [0.15, 0.2) is 0 Å². The third kappa shape index (κ3) is 3.72. The maximum atomic E-state index is 6.31. The van der Waals surface area contributed by atoms with Crippen molar-refractivity contribution >= 4 is 0 Å². The van der Waals surface area contributed by atoms with Crippen LogP contribution in [0.2, 0.25) is 0 Å². The van der Waals surface area contributed by atoms with Crippen LogP contribution in [0.1, 0.15) is 78.1 Å². The third-order valence-corrected chi connectivity index (χ3v) is 5.35. The summed E-state index contributed by atoms with van der Waals surface area (Å²) in [6.45, 7) is 6.85. The highest BCUT2D eigenvalue weighted by Gasteiger charge is 2.40. The minimum Gasteiger partial charge on any atom is -0.329 e. The summed E-state index contributed by atoms with van der Waals surface area (Å²) in [5.41, 5.74) is 6.64. The smallest absolute Gasteiger partial charge is 0.0334 e. The Hall–Kier alpha value is -0.0800. The van der Waals surface area contributed by atoms with Crippen molar-refractivity contribution in [3.8, 4) is 0 Å². The molecule has 0 unspecified atom stereocenters. The van der Waals surface area contributed by atoms with Crippen molar-refractivity contribution in [3.63, 3.8) is 0 Å². The molecule has 0 radical (unpaired) electrons. The molecule has 19 heavy (non-hydrogen) atoms. The van der Waals surface area contributed by atoms with Gasteiger partial charge in [-0.05, 0) is 31.6 Å². The van der Waals surface area contributed by atoms with Crippen molar-refractivity contribution in [3.05, 3.63) is 0 Å². The van der Waals surface area contributed by atoms with E-state index in [0.29, 0.717) is 5.54 Å². The normalized spacial score (nSPS) is 25.1. The van der Waals surface area contributed by atoms with E-state index in [1.807, 2.05) is 0 Å². The second-order valence-electron chi connectivity index (χ2n) is 7.33. The fourth-order valence-electron chi connectivity index (χ4n) is 4.33. The number of nitrogens with zero attached hydrogens (tertiary/aromatic N) is 1. The van der Waals surface area contributed by atoms with Crippen LogP contribution < -0.4 is 5.73 Å². The summed E-state index contributed by atoms with van der Waals surface area (Å²) < 4.78 is 0. The summed E-state index contributed by atoms with van der Waals surface area (Å²) in [5, 5.41) is 0. The van der Waals surface area contributed by atoms with E-state index < -0.39 is 0 Å². The van der Waals surface area contributed by atoms with Crippen molar-refractivity contribution in [1.82, 2.24) is 4.90 Å². The van der Waals surface area contributed by atoms with E-state index in [9.17, 15) is 0 Å². The van der Waals surface area contributed by atoms with E-state index in [2.05, 4.69) is 18.7 Å². The predicted molar refractivity (Wildman–Crippen MR) is 83.3 cm³/mol. The first-order valence-corrected chi connectivity index (χ1v) is 8.65. The molecular formula is C17H34N2. The van der Waals surface area contributed by atoms with Gasteiger partial charge in [-0.15, -0.1) is 0 Å². The highest BCUT2D eigenvalue weighted by atomic mass is 15.2. The van der Waals surface area contributed by atoms with E-state index >= 15 is 0 Å². The van der Waals surface area contributed by atoms with Crippen molar-refractivity contribution < 1.29 is 0 Å². The topological polar surface area (TPSA) is 29.3 Å². The van der Waals surface area contributed by atoms with Crippen LogP contribution in [-0.2, 0) is 0 Å². The summed E-state index contributed by atoms with van der Waals surface area (Å²) in [4.78, 5) is 2.87. The third-order valence-electron chi connectivity index (χ3n) is 5.35. The van der Waals surface area contributed by atoms with Gasteiger partial charge in [-0.2, -0.15) is 0 Å². The molecule has 0 aromatic rings. The summed E-state index contributed by atoms with van der Waals surface area (Å²) in [5.74, 6) is 0.757. The van der Waals surface area contributed by atoms with Crippen LogP contribution >= 0.6 is 0 Å². The monoisotopic (exact) mass is 266 g/mol. The SMILES string of the molecule is CC(C)CN(C1CCCC1)C1(CN)CCCCCC1. The van der Waals surface area contributed by atoms with Crippen LogP contribution in [0.4, 0.5) is 0 Å². The molecule has 2 rings (SSSR count). The van der Waals surface area contributed by atoms with Gasteiger partial charge in [0, 0.05) is 24.7 Å². The Kier molecular flexibility index (Phi) is 5.70. The lowest BCUT2D eigenvalue weighted by molar-refractivity contribution is 0.0259. The summed E-state index contributed by atoms with van der Waals surface area (Å²) in [6.07, 6.45) is 14.0. The van der Waals surface area contributed by atoms with Gasteiger partial charge < -0.3 is 5.73 Å². The molecule has 0 atom stereocenters. The van der Waals surface area contributed by atoms with Gasteiger partial charge in [0.05, 0.1) is 0 Å². The van der Waals surface area contributed by atoms with Crippen LogP contribution in [0.3, 0.4) is 0 Å². The maximum absolute atomic E-state index is 6.31. The average molecular weight is 266 g/mol. The molecule has 0 amide bonds. The van der Waals surface area contributed by atoms with Gasteiger partial charge in [-0.25, -0.2) is 0 Å². The number of nitrogens with two attached hydrogens (primary N) is 1. The first-order chi connectivity index (χ1) is 9.18. The number of rotatable bonds is 5. The van der Waals surface area contributed by atoms with Crippen LogP contribution in [0.25, 0.3) is 0 Å². The lowest BCUT2D eigenvalue weighted by Gasteiger charge is -2.47. The van der Waals surface area contributed by atoms with Gasteiger partial charge >= 0.3 is 0 Å². The maximum Gasteiger partial charge on any atom is 0.0334 e. The molecule has 112 valence electrons. The van der Waals surface area contributed by atoms with Crippen molar-refractivity contribution in [2.75, 3.05) is 13.1 Å². The van der Waals surface area contributed by atoms with Crippen molar-refractivity contribution in [2.45, 2.75) is 89.6 Å². The predicted octanol–water partition coefficient (Wildman–Crippen LogP) is 3.94. The summed E-state index contributed by atoms with van der Waals surface area (Å²) in [7, 11) is 0. The first-order valence-electron chi connectivity index (χ1n) is 8.65. The quantitative estimate of drug-likeness (QED) is 0.764. The van der Waals surface area contributed by atoms with E-state index in [1.165, 1.54) is 70.8 Å². The van der Waals surface area contributed by atoms with E-state index in [0.717, 1.165) is 18.5 Å². The van der Waals surface area contributed by atoms with Gasteiger partial charge in [0.25, 0.3) is 0 Å². The Morgan fingerprint density at radius 1 is 1.00 bits per heavy atom. The Bertz CT molecular complexity index is 248. The molecule has 0 bridgehead atoms. The fourth-order valence-corrected chi connectivity index (χ4v) is 4.33. The summed E-state index contributed by atoms with van der Waals surface area (Å²) >= 11 is 0. The minimum atomic E-state index is 0.329. The molecule has 2 aliphatic carbocycles. The van der Waals surface area contributed by atoms with E-state index in [4.69, 9.17) is 5.73 Å². The molecule has 0 aromatic carbocycles. The molecule has 2 aliphatic rings. The van der Waals surface area contributed by atoms with E-state index in [-0.39, 0.29) is 0 Å². The van der Waals surface area contributed by atoms with Crippen molar-refractivity contribution in [2.24, 2.45) is 11.7 Å². The molecule has 2 heteroatoms. The number of hydrogen-bond acceptors (Lipinski definition) is 2. The van der Waals surface area contributed by atoms with Crippen LogP contribution in [0.5, 0.6) is 0 Å². The minimum absolute atomic E-state index is 0.329. The second-order valence-corrected chi connectivity index (χ2v) is 7.33. The molecule has 0 saturated heterocycles. The Labute approximate surface area is 120 Å². The van der Waals surface area contributed by atoms with Gasteiger partial charge in [0.1, 0.15) is 0 Å². The largest absolute Gasteiger partial charge is 0.329 e. The van der Waals surface area contributed by atoms with Crippen molar-refractivity contribution in [1.29, 1.82) is 0 Å². The molecule has 2 N–H and O–H groups in total. The number of hydrogen-bond donors (Lipinski definition) is 1. The molecule has 0 aromatic heterocycles. The molecular weight excluding hydrogens is 232 g/mol. The molecule has 0 heterocycles. The standard InChI is InChI=1S/C17H34N2/c1-15(2)13-19(16-9-5-6-10-16)17(14-18)11-7-3-4-8-12-17/h15-16H,3-14,18H2,1-2H3. The molecule has 0 spiro atoms. The zero-order valence-corrected chi connectivity index (χ0v) is 13.2. The van der Waals surface area contributed by atoms with Crippen LogP contribution in [0.15, 0.2) is 0 Å². The zero-order valence-electron chi connectivity index (χ0n) is 13.2. The highest BCUT2D eigenvalue weighted by molar-refractivity contribution is 4.97. The Morgan fingerprint density at radius 2 is 1.58 bits per heavy atom.